The molecule has 1 atom stereocenters. The molecular formula is C12H17N3O2. The van der Waals surface area contributed by atoms with E-state index in [9.17, 15) is 0 Å². The lowest BCUT2D eigenvalue weighted by atomic mass is 9.79. The lowest BCUT2D eigenvalue weighted by Crippen LogP contribution is -2.37. The highest BCUT2D eigenvalue weighted by atomic mass is 16.5. The number of methoxy groups -OCH3 is 1. The van der Waals surface area contributed by atoms with Gasteiger partial charge in [-0.05, 0) is 25.2 Å². The lowest BCUT2D eigenvalue weighted by molar-refractivity contribution is -0.0858. The quantitative estimate of drug-likeness (QED) is 0.782. The molecular weight excluding hydrogens is 218 g/mol. The third kappa shape index (κ3) is 2.32. The summed E-state index contributed by atoms with van der Waals surface area (Å²) in [4.78, 5) is 4.39. The Morgan fingerprint density at radius 3 is 2.88 bits per heavy atom. The van der Waals surface area contributed by atoms with E-state index in [-0.39, 0.29) is 11.5 Å². The first kappa shape index (κ1) is 12.1. The number of ether oxygens (including phenoxy) is 1. The Bertz CT molecular complexity index is 412. The molecule has 1 heterocycles. The smallest absolute Gasteiger partial charge is 0.227 e. The van der Waals surface area contributed by atoms with Gasteiger partial charge in [0.2, 0.25) is 11.7 Å². The molecule has 1 aliphatic rings. The van der Waals surface area contributed by atoms with Crippen LogP contribution in [0.4, 0.5) is 0 Å². The maximum atomic E-state index is 8.60. The summed E-state index contributed by atoms with van der Waals surface area (Å²) >= 11 is 0. The highest BCUT2D eigenvalue weighted by Crippen LogP contribution is 2.42. The molecule has 0 aliphatic heterocycles. The topological polar surface area (TPSA) is 71.9 Å². The Labute approximate surface area is 101 Å². The molecule has 0 radical (unpaired) electrons. The minimum absolute atomic E-state index is 0.244. The van der Waals surface area contributed by atoms with Crippen molar-refractivity contribution >= 4 is 0 Å². The second-order valence-electron chi connectivity index (χ2n) is 4.74. The number of nitrogens with zero attached hydrogens (tertiary/aromatic N) is 3. The van der Waals surface area contributed by atoms with E-state index in [1.54, 1.807) is 7.11 Å². The first-order valence-electron chi connectivity index (χ1n) is 5.95. The van der Waals surface area contributed by atoms with Crippen LogP contribution >= 0.6 is 0 Å². The first-order chi connectivity index (χ1) is 8.20. The highest BCUT2D eigenvalue weighted by molar-refractivity contribution is 5.06. The summed E-state index contributed by atoms with van der Waals surface area (Å²) < 4.78 is 10.7. The third-order valence-electron chi connectivity index (χ3n) is 3.39. The largest absolute Gasteiger partial charge is 0.370 e. The van der Waals surface area contributed by atoms with Crippen LogP contribution < -0.4 is 0 Å². The summed E-state index contributed by atoms with van der Waals surface area (Å²) in [7, 11) is 1.69. The molecule has 1 aromatic rings. The van der Waals surface area contributed by atoms with E-state index in [2.05, 4.69) is 16.2 Å². The zero-order valence-electron chi connectivity index (χ0n) is 10.3. The van der Waals surface area contributed by atoms with Gasteiger partial charge in [0.05, 0.1) is 6.07 Å². The van der Waals surface area contributed by atoms with Gasteiger partial charge in [0, 0.05) is 20.0 Å². The van der Waals surface area contributed by atoms with Gasteiger partial charge in [-0.3, -0.25) is 0 Å². The fourth-order valence-electron chi connectivity index (χ4n) is 2.07. The van der Waals surface area contributed by atoms with Gasteiger partial charge in [-0.25, -0.2) is 0 Å². The van der Waals surface area contributed by atoms with Crippen LogP contribution in [-0.4, -0.2) is 17.3 Å². The van der Waals surface area contributed by atoms with Gasteiger partial charge in [0.25, 0.3) is 0 Å². The van der Waals surface area contributed by atoms with Crippen molar-refractivity contribution in [2.75, 3.05) is 7.11 Å². The van der Waals surface area contributed by atoms with Crippen LogP contribution in [-0.2, 0) is 16.8 Å². The van der Waals surface area contributed by atoms with Gasteiger partial charge in [0.1, 0.15) is 5.60 Å². The van der Waals surface area contributed by atoms with Crippen LogP contribution in [0.1, 0.15) is 44.3 Å². The number of aromatic nitrogens is 2. The average molecular weight is 235 g/mol. The maximum absolute atomic E-state index is 8.60. The van der Waals surface area contributed by atoms with Gasteiger partial charge in [-0.1, -0.05) is 12.1 Å². The highest BCUT2D eigenvalue weighted by Gasteiger charge is 2.43. The standard InChI is InChI=1S/C12H17N3O2/c1-9(4-7-13)8-10-14-11(15-17-10)12(16-2)5-3-6-12/h9H,3-6,8H2,1-2H3. The Morgan fingerprint density at radius 1 is 1.59 bits per heavy atom. The number of nitriles is 1. The minimum atomic E-state index is -0.319. The number of hydrogen-bond donors (Lipinski definition) is 0. The molecule has 17 heavy (non-hydrogen) atoms. The molecule has 1 aromatic heterocycles. The molecule has 0 N–H and O–H groups in total. The Kier molecular flexibility index (Phi) is 3.43. The first-order valence-corrected chi connectivity index (χ1v) is 5.95. The van der Waals surface area contributed by atoms with Gasteiger partial charge >= 0.3 is 0 Å². The Hall–Kier alpha value is -1.41. The molecule has 5 heteroatoms. The Balaban J connectivity index is 2.03. The number of hydrogen-bond acceptors (Lipinski definition) is 5. The minimum Gasteiger partial charge on any atom is -0.370 e. The van der Waals surface area contributed by atoms with Crippen molar-refractivity contribution in [1.82, 2.24) is 10.1 Å². The van der Waals surface area contributed by atoms with E-state index in [4.69, 9.17) is 14.5 Å². The predicted molar refractivity (Wildman–Crippen MR) is 59.9 cm³/mol. The summed E-state index contributed by atoms with van der Waals surface area (Å²) in [6, 6.07) is 2.14. The molecule has 2 rings (SSSR count). The van der Waals surface area contributed by atoms with E-state index in [0.29, 0.717) is 24.6 Å². The van der Waals surface area contributed by atoms with Crippen LogP contribution in [0.25, 0.3) is 0 Å². The monoisotopic (exact) mass is 235 g/mol. The third-order valence-corrected chi connectivity index (χ3v) is 3.39. The zero-order valence-corrected chi connectivity index (χ0v) is 10.3. The summed E-state index contributed by atoms with van der Waals surface area (Å²) in [5.74, 6) is 1.50. The van der Waals surface area contributed by atoms with E-state index < -0.39 is 0 Å². The van der Waals surface area contributed by atoms with Gasteiger partial charge < -0.3 is 9.26 Å². The van der Waals surface area contributed by atoms with Crippen molar-refractivity contribution in [2.24, 2.45) is 5.92 Å². The van der Waals surface area contributed by atoms with Crippen LogP contribution in [0.3, 0.4) is 0 Å². The van der Waals surface area contributed by atoms with Crippen molar-refractivity contribution in [3.8, 4) is 6.07 Å². The molecule has 1 unspecified atom stereocenters. The molecule has 1 saturated carbocycles. The number of rotatable bonds is 5. The van der Waals surface area contributed by atoms with Crippen LogP contribution in [0.15, 0.2) is 4.52 Å². The van der Waals surface area contributed by atoms with Crippen LogP contribution in [0.5, 0.6) is 0 Å². The van der Waals surface area contributed by atoms with Crippen molar-refractivity contribution in [3.63, 3.8) is 0 Å². The maximum Gasteiger partial charge on any atom is 0.227 e. The molecule has 1 fully saturated rings. The van der Waals surface area contributed by atoms with Crippen molar-refractivity contribution in [3.05, 3.63) is 11.7 Å². The molecule has 92 valence electrons. The second-order valence-corrected chi connectivity index (χ2v) is 4.74. The van der Waals surface area contributed by atoms with Crippen molar-refractivity contribution < 1.29 is 9.26 Å². The lowest BCUT2D eigenvalue weighted by Gasteiger charge is -2.37. The SMILES string of the molecule is COC1(c2noc(CC(C)CC#N)n2)CCC1. The fraction of sp³-hybridized carbons (Fsp3) is 0.750. The molecule has 0 aromatic carbocycles. The van der Waals surface area contributed by atoms with E-state index >= 15 is 0 Å². The summed E-state index contributed by atoms with van der Waals surface area (Å²) in [6.45, 7) is 2.00. The molecule has 0 bridgehead atoms. The Morgan fingerprint density at radius 2 is 2.35 bits per heavy atom. The second kappa shape index (κ2) is 4.84. The van der Waals surface area contributed by atoms with Gasteiger partial charge in [-0.2, -0.15) is 10.2 Å². The molecule has 1 aliphatic carbocycles. The zero-order chi connectivity index (χ0) is 12.3. The molecule has 0 saturated heterocycles. The fourth-order valence-corrected chi connectivity index (χ4v) is 2.07. The van der Waals surface area contributed by atoms with E-state index in [0.717, 1.165) is 19.3 Å². The summed E-state index contributed by atoms with van der Waals surface area (Å²) in [5.41, 5.74) is -0.319. The van der Waals surface area contributed by atoms with E-state index in [1.807, 2.05) is 6.92 Å². The van der Waals surface area contributed by atoms with E-state index in [1.165, 1.54) is 0 Å². The normalized spacial score (nSPS) is 19.4. The predicted octanol–water partition coefficient (Wildman–Crippen LogP) is 2.19. The van der Waals surface area contributed by atoms with Crippen molar-refractivity contribution in [1.29, 1.82) is 5.26 Å². The van der Waals surface area contributed by atoms with Crippen molar-refractivity contribution in [2.45, 2.75) is 44.6 Å². The van der Waals surface area contributed by atoms with Gasteiger partial charge in [-0.15, -0.1) is 0 Å². The molecule has 5 nitrogen and oxygen atoms in total. The molecule has 0 amide bonds. The van der Waals surface area contributed by atoms with Crippen LogP contribution in [0.2, 0.25) is 0 Å². The summed E-state index contributed by atoms with van der Waals surface area (Å²) in [5, 5.41) is 12.6. The molecule has 0 spiro atoms. The summed E-state index contributed by atoms with van der Waals surface area (Å²) in [6.07, 6.45) is 4.21. The van der Waals surface area contributed by atoms with Gasteiger partial charge in [0.15, 0.2) is 0 Å². The van der Waals surface area contributed by atoms with Crippen LogP contribution in [0, 0.1) is 17.2 Å². The average Bonchev–Trinajstić information content (AvgIpc) is 2.66.